The third kappa shape index (κ3) is 9.66. The van der Waals surface area contributed by atoms with Crippen molar-refractivity contribution in [1.29, 1.82) is 0 Å². The molecule has 220 valence electrons. The molecule has 0 spiro atoms. The van der Waals surface area contributed by atoms with Gasteiger partial charge in [-0.15, -0.1) is 0 Å². The van der Waals surface area contributed by atoms with Gasteiger partial charge in [-0.05, 0) is 55.0 Å². The van der Waals surface area contributed by atoms with Gasteiger partial charge in [0.2, 0.25) is 0 Å². The number of halogens is 1. The highest BCUT2D eigenvalue weighted by Crippen LogP contribution is 2.35. The van der Waals surface area contributed by atoms with Gasteiger partial charge in [0.15, 0.2) is 5.60 Å². The number of nitrogens with zero attached hydrogens (tertiary/aromatic N) is 3. The van der Waals surface area contributed by atoms with E-state index in [4.69, 9.17) is 36.6 Å². The molecule has 11 nitrogen and oxygen atoms in total. The summed E-state index contributed by atoms with van der Waals surface area (Å²) < 4.78 is 5.51. The molecule has 41 heavy (non-hydrogen) atoms. The Morgan fingerprint density at radius 2 is 1.68 bits per heavy atom. The Balaban J connectivity index is 0.000000302. The van der Waals surface area contributed by atoms with Crippen LogP contribution in [-0.4, -0.2) is 65.0 Å². The predicted molar refractivity (Wildman–Crippen MR) is 148 cm³/mol. The number of carboxylic acids is 3. The number of hydrogen-bond donors (Lipinski definition) is 4. The van der Waals surface area contributed by atoms with Gasteiger partial charge in [-0.25, -0.2) is 4.79 Å². The molecule has 1 aromatic carbocycles. The first-order valence-electron chi connectivity index (χ1n) is 13.1. The van der Waals surface area contributed by atoms with Crippen molar-refractivity contribution >= 4 is 29.5 Å². The van der Waals surface area contributed by atoms with Crippen LogP contribution in [0.4, 0.5) is 0 Å². The van der Waals surface area contributed by atoms with Gasteiger partial charge in [-0.2, -0.15) is 0 Å². The van der Waals surface area contributed by atoms with Crippen LogP contribution < -0.4 is 0 Å². The lowest BCUT2D eigenvalue weighted by molar-refractivity contribution is -0.170. The molecule has 1 aliphatic rings. The van der Waals surface area contributed by atoms with Crippen LogP contribution >= 0.6 is 11.6 Å². The van der Waals surface area contributed by atoms with Gasteiger partial charge in [-0.1, -0.05) is 41.4 Å². The van der Waals surface area contributed by atoms with Crippen LogP contribution in [0.1, 0.15) is 54.7 Å². The Labute approximate surface area is 242 Å². The minimum absolute atomic E-state index is 0.495. The van der Waals surface area contributed by atoms with Crippen LogP contribution in [0, 0.1) is 12.8 Å². The van der Waals surface area contributed by atoms with Crippen molar-refractivity contribution in [3.63, 3.8) is 0 Å². The van der Waals surface area contributed by atoms with E-state index in [-0.39, 0.29) is 0 Å². The third-order valence-electron chi connectivity index (χ3n) is 6.98. The zero-order valence-corrected chi connectivity index (χ0v) is 23.4. The summed E-state index contributed by atoms with van der Waals surface area (Å²) in [6.07, 6.45) is 6.06. The van der Waals surface area contributed by atoms with Crippen molar-refractivity contribution < 1.29 is 39.3 Å². The lowest BCUT2D eigenvalue weighted by Gasteiger charge is -2.33. The molecule has 1 saturated carbocycles. The molecule has 0 unspecified atom stereocenters. The molecule has 4 N–H and O–H groups in total. The molecule has 0 saturated heterocycles. The molecule has 12 heteroatoms. The maximum Gasteiger partial charge on any atom is 0.336 e. The van der Waals surface area contributed by atoms with E-state index in [1.807, 2.05) is 31.5 Å². The molecule has 1 aliphatic carbocycles. The molecule has 2 atom stereocenters. The normalized spacial score (nSPS) is 16.7. The van der Waals surface area contributed by atoms with E-state index in [1.54, 1.807) is 0 Å². The van der Waals surface area contributed by atoms with Gasteiger partial charge in [0.1, 0.15) is 5.76 Å². The molecule has 0 radical (unpaired) electrons. The molecule has 0 aliphatic heterocycles. The maximum atomic E-state index is 10.3. The van der Waals surface area contributed by atoms with Crippen molar-refractivity contribution in [2.45, 2.75) is 70.2 Å². The van der Waals surface area contributed by atoms with Crippen LogP contribution in [0.25, 0.3) is 0 Å². The summed E-state index contributed by atoms with van der Waals surface area (Å²) in [6, 6.07) is 14.9. The van der Waals surface area contributed by atoms with Gasteiger partial charge in [0.25, 0.3) is 0 Å². The highest BCUT2D eigenvalue weighted by atomic mass is 35.5. The fourth-order valence-electron chi connectivity index (χ4n) is 5.08. The molecule has 0 amide bonds. The predicted octanol–water partition coefficient (Wildman–Crippen LogP) is 4.20. The molecule has 3 aromatic rings. The molecular weight excluding hydrogens is 554 g/mol. The van der Waals surface area contributed by atoms with Crippen LogP contribution in [-0.2, 0) is 33.9 Å². The first-order valence-corrected chi connectivity index (χ1v) is 13.5. The number of aryl methyl sites for hydroxylation is 1. The van der Waals surface area contributed by atoms with Crippen LogP contribution in [0.3, 0.4) is 0 Å². The summed E-state index contributed by atoms with van der Waals surface area (Å²) in [5.41, 5.74) is 0.675. The largest absolute Gasteiger partial charge is 0.481 e. The summed E-state index contributed by atoms with van der Waals surface area (Å²) in [6.45, 7) is 3.72. The van der Waals surface area contributed by atoms with Gasteiger partial charge >= 0.3 is 17.9 Å². The van der Waals surface area contributed by atoms with Gasteiger partial charge in [-0.3, -0.25) is 19.5 Å². The highest BCUT2D eigenvalue weighted by molar-refractivity contribution is 6.31. The molecule has 1 fully saturated rings. The molecular formula is C29H34ClN3O8. The number of benzene rings is 1. The van der Waals surface area contributed by atoms with E-state index in [2.05, 4.69) is 45.4 Å². The molecule has 2 aromatic heterocycles. The van der Waals surface area contributed by atoms with Gasteiger partial charge < -0.3 is 24.9 Å². The summed E-state index contributed by atoms with van der Waals surface area (Å²) in [7, 11) is 0. The second-order valence-electron chi connectivity index (χ2n) is 10.2. The van der Waals surface area contributed by atoms with Crippen molar-refractivity contribution in [1.82, 2.24) is 15.0 Å². The minimum Gasteiger partial charge on any atom is -0.481 e. The lowest BCUT2D eigenvalue weighted by Crippen LogP contribution is -2.42. The minimum atomic E-state index is -2.74. The second kappa shape index (κ2) is 14.7. The highest BCUT2D eigenvalue weighted by Gasteiger charge is 2.40. The Kier molecular flexibility index (Phi) is 11.4. The zero-order valence-electron chi connectivity index (χ0n) is 22.6. The topological polar surface area (TPSA) is 174 Å². The average molecular weight is 588 g/mol. The Morgan fingerprint density at radius 1 is 1.02 bits per heavy atom. The summed E-state index contributed by atoms with van der Waals surface area (Å²) in [5, 5.41) is 38.7. The van der Waals surface area contributed by atoms with Gasteiger partial charge in [0, 0.05) is 49.0 Å². The molecule has 4 rings (SSSR count). The molecule has 0 bridgehead atoms. The van der Waals surface area contributed by atoms with E-state index in [1.165, 1.54) is 30.4 Å². The number of aliphatic hydroxyl groups is 1. The lowest BCUT2D eigenvalue weighted by atomic mass is 9.95. The fourth-order valence-corrected chi connectivity index (χ4v) is 5.28. The first-order chi connectivity index (χ1) is 19.5. The SMILES string of the molecule is Cc1cc(C[C@@H]2CCC[C@H]2N(Cc2ccncc2)Cc2ccccc2Cl)on1.O=C(O)CC(O)(CC(=O)O)C(=O)O. The zero-order chi connectivity index (χ0) is 30.0. The number of carbonyl (C=O) groups is 3. The maximum absolute atomic E-state index is 10.3. The van der Waals surface area contributed by atoms with Crippen molar-refractivity contribution in [3.8, 4) is 0 Å². The van der Waals surface area contributed by atoms with Gasteiger partial charge in [0.05, 0.1) is 18.5 Å². The monoisotopic (exact) mass is 587 g/mol. The summed E-state index contributed by atoms with van der Waals surface area (Å²) in [5.74, 6) is -3.46. The van der Waals surface area contributed by atoms with Crippen LogP contribution in [0.2, 0.25) is 5.02 Å². The smallest absolute Gasteiger partial charge is 0.336 e. The van der Waals surface area contributed by atoms with Crippen LogP contribution in [0.5, 0.6) is 0 Å². The third-order valence-corrected chi connectivity index (χ3v) is 7.35. The molecule has 2 heterocycles. The number of hydrogen-bond acceptors (Lipinski definition) is 8. The van der Waals surface area contributed by atoms with Crippen molar-refractivity contribution in [2.75, 3.05) is 0 Å². The van der Waals surface area contributed by atoms with E-state index in [9.17, 15) is 14.4 Å². The standard InChI is InChI=1S/C23H26ClN3O.C6H8O7/c1-17-13-21(28-26-17)14-19-6-4-8-23(19)27(15-18-9-11-25-12-10-18)16-20-5-2-3-7-22(20)24;7-3(8)1-6(13,5(11)12)2-4(9)10/h2-3,5,7,9-13,19,23H,4,6,8,14-16H2,1H3;13H,1-2H2,(H,7,8)(H,9,10)(H,11,12)/t19-,23+;/m0./s1. The number of pyridine rings is 1. The summed E-state index contributed by atoms with van der Waals surface area (Å²) >= 11 is 6.49. The number of rotatable bonds is 12. The first kappa shape index (κ1) is 31.7. The number of aliphatic carboxylic acids is 3. The van der Waals surface area contributed by atoms with Crippen molar-refractivity contribution in [3.05, 3.63) is 82.5 Å². The fraction of sp³-hybridized carbons (Fsp3) is 0.414. The Hall–Kier alpha value is -3.80. The van der Waals surface area contributed by atoms with E-state index < -0.39 is 36.4 Å². The van der Waals surface area contributed by atoms with Crippen molar-refractivity contribution in [2.24, 2.45) is 5.92 Å². The summed E-state index contributed by atoms with van der Waals surface area (Å²) in [4.78, 5) is 37.2. The average Bonchev–Trinajstić information content (AvgIpc) is 3.53. The second-order valence-corrected chi connectivity index (χ2v) is 10.6. The quantitative estimate of drug-likeness (QED) is 0.239. The van der Waals surface area contributed by atoms with E-state index in [0.717, 1.165) is 36.0 Å². The van der Waals surface area contributed by atoms with E-state index in [0.29, 0.717) is 12.0 Å². The number of aromatic nitrogens is 2. The van der Waals surface area contributed by atoms with Crippen LogP contribution in [0.15, 0.2) is 59.4 Å². The Bertz CT molecular complexity index is 1300. The number of carboxylic acid groups (broad SMARTS) is 3. The Morgan fingerprint density at radius 3 is 2.24 bits per heavy atom. The van der Waals surface area contributed by atoms with E-state index >= 15 is 0 Å².